The molecule has 5 nitrogen and oxygen atoms in total. The molecule has 0 radical (unpaired) electrons. The highest BCUT2D eigenvalue weighted by Gasteiger charge is 2.21. The van der Waals surface area contributed by atoms with Gasteiger partial charge in [0.25, 0.3) is 0 Å². The first-order chi connectivity index (χ1) is 11.0. The molecule has 1 N–H and O–H groups in total. The maximum Gasteiger partial charge on any atom is 0.241 e. The molecule has 3 rings (SSSR count). The van der Waals surface area contributed by atoms with Gasteiger partial charge in [-0.15, -0.1) is 11.3 Å². The zero-order chi connectivity index (χ0) is 16.4. The number of sulfonamides is 1. The van der Waals surface area contributed by atoms with Crippen LogP contribution >= 0.6 is 22.9 Å². The van der Waals surface area contributed by atoms with E-state index in [0.29, 0.717) is 15.7 Å². The van der Waals surface area contributed by atoms with Gasteiger partial charge in [-0.3, -0.25) is 0 Å². The van der Waals surface area contributed by atoms with E-state index in [-0.39, 0.29) is 11.4 Å². The Morgan fingerprint density at radius 1 is 1.30 bits per heavy atom. The fourth-order valence-corrected chi connectivity index (χ4v) is 4.84. The third-order valence-electron chi connectivity index (χ3n) is 3.25. The summed E-state index contributed by atoms with van der Waals surface area (Å²) in [5, 5.41) is 4.16. The first kappa shape index (κ1) is 16.2. The number of nitrogens with zero attached hydrogens (tertiary/aromatic N) is 1. The highest BCUT2D eigenvalue weighted by Crippen LogP contribution is 2.33. The summed E-state index contributed by atoms with van der Waals surface area (Å²) in [7, 11) is -3.64. The van der Waals surface area contributed by atoms with E-state index in [1.54, 1.807) is 37.3 Å². The largest absolute Gasteiger partial charge is 0.355 e. The topological polar surface area (TPSA) is 72.2 Å². The summed E-state index contributed by atoms with van der Waals surface area (Å²) < 4.78 is 32.7. The molecule has 3 aromatic rings. The van der Waals surface area contributed by atoms with Crippen LogP contribution in [0.4, 0.5) is 0 Å². The summed E-state index contributed by atoms with van der Waals surface area (Å²) >= 11 is 7.39. The molecule has 0 aliphatic rings. The predicted molar refractivity (Wildman–Crippen MR) is 90.0 cm³/mol. The number of halogens is 1. The van der Waals surface area contributed by atoms with Crippen molar-refractivity contribution in [3.05, 3.63) is 58.1 Å². The molecule has 0 saturated carbocycles. The van der Waals surface area contributed by atoms with Crippen molar-refractivity contribution in [1.29, 1.82) is 0 Å². The van der Waals surface area contributed by atoms with Crippen LogP contribution in [0.15, 0.2) is 52.0 Å². The van der Waals surface area contributed by atoms with E-state index >= 15 is 0 Å². The van der Waals surface area contributed by atoms with Crippen molar-refractivity contribution >= 4 is 33.0 Å². The number of aromatic nitrogens is 1. The number of hydrogen-bond donors (Lipinski definition) is 1. The van der Waals surface area contributed by atoms with E-state index in [9.17, 15) is 8.42 Å². The monoisotopic (exact) mass is 368 g/mol. The van der Waals surface area contributed by atoms with Crippen molar-refractivity contribution in [3.8, 4) is 10.6 Å². The van der Waals surface area contributed by atoms with Crippen molar-refractivity contribution < 1.29 is 12.9 Å². The Bertz CT molecular complexity index is 918. The molecule has 0 aliphatic carbocycles. The Morgan fingerprint density at radius 3 is 2.78 bits per heavy atom. The van der Waals surface area contributed by atoms with Gasteiger partial charge in [0.15, 0.2) is 5.76 Å². The summed E-state index contributed by atoms with van der Waals surface area (Å²) in [6.45, 7) is 1.89. The fraction of sp³-hybridized carbons (Fsp3) is 0.133. The lowest BCUT2D eigenvalue weighted by Gasteiger charge is -2.07. The summed E-state index contributed by atoms with van der Waals surface area (Å²) in [4.78, 5) is 1.64. The molecular formula is C15H13ClN2O3S2. The number of hydrogen-bond acceptors (Lipinski definition) is 5. The van der Waals surface area contributed by atoms with Crippen LogP contribution in [0, 0.1) is 6.92 Å². The highest BCUT2D eigenvalue weighted by molar-refractivity contribution is 7.89. The predicted octanol–water partition coefficient (Wildman–Crippen LogP) is 3.84. The molecule has 120 valence electrons. The van der Waals surface area contributed by atoms with Crippen molar-refractivity contribution in [3.63, 3.8) is 0 Å². The molecule has 0 amide bonds. The minimum atomic E-state index is -3.64. The third kappa shape index (κ3) is 3.48. The molecule has 8 heteroatoms. The van der Waals surface area contributed by atoms with Gasteiger partial charge in [-0.25, -0.2) is 13.1 Å². The smallest absolute Gasteiger partial charge is 0.241 e. The first-order valence-corrected chi connectivity index (χ1v) is 9.40. The molecular weight excluding hydrogens is 356 g/mol. The van der Waals surface area contributed by atoms with E-state index in [1.807, 2.05) is 6.07 Å². The van der Waals surface area contributed by atoms with Crippen LogP contribution in [0.25, 0.3) is 10.6 Å². The molecule has 0 bridgehead atoms. The number of nitrogens with one attached hydrogen (secondary N) is 1. The second kappa shape index (κ2) is 6.45. The van der Waals surface area contributed by atoms with Gasteiger partial charge in [-0.05, 0) is 24.6 Å². The number of rotatable bonds is 5. The van der Waals surface area contributed by atoms with E-state index in [2.05, 4.69) is 9.88 Å². The first-order valence-electron chi connectivity index (χ1n) is 6.72. The molecule has 1 aromatic carbocycles. The molecule has 2 aromatic heterocycles. The van der Waals surface area contributed by atoms with E-state index in [1.165, 1.54) is 17.5 Å². The average Bonchev–Trinajstić information content (AvgIpc) is 3.15. The second-order valence-corrected chi connectivity index (χ2v) is 8.22. The van der Waals surface area contributed by atoms with Crippen LogP contribution in [-0.2, 0) is 16.6 Å². The van der Waals surface area contributed by atoms with E-state index < -0.39 is 10.0 Å². The lowest BCUT2D eigenvalue weighted by molar-refractivity contribution is 0.433. The Hall–Kier alpha value is -1.67. The highest BCUT2D eigenvalue weighted by atomic mass is 35.5. The number of benzene rings is 1. The van der Waals surface area contributed by atoms with Gasteiger partial charge in [-0.2, -0.15) is 0 Å². The summed E-state index contributed by atoms with van der Waals surface area (Å²) in [5.74, 6) is 0.547. The molecule has 0 unspecified atom stereocenters. The Labute approximate surface area is 142 Å². The maximum atomic E-state index is 12.5. The van der Waals surface area contributed by atoms with E-state index in [4.69, 9.17) is 16.1 Å². The Balaban J connectivity index is 1.84. The molecule has 0 fully saturated rings. The zero-order valence-electron chi connectivity index (χ0n) is 12.1. The quantitative estimate of drug-likeness (QED) is 0.742. The van der Waals surface area contributed by atoms with Crippen LogP contribution in [0.2, 0.25) is 5.02 Å². The number of thiophene rings is 1. The Kier molecular flexibility index (Phi) is 4.54. The van der Waals surface area contributed by atoms with Gasteiger partial charge in [-0.1, -0.05) is 35.0 Å². The van der Waals surface area contributed by atoms with Gasteiger partial charge in [0.2, 0.25) is 10.0 Å². The van der Waals surface area contributed by atoms with Gasteiger partial charge in [0.1, 0.15) is 0 Å². The molecule has 0 aliphatic heterocycles. The van der Waals surface area contributed by atoms with E-state index in [0.717, 1.165) is 10.4 Å². The van der Waals surface area contributed by atoms with Crippen LogP contribution in [0.5, 0.6) is 0 Å². The SMILES string of the molecule is Cc1sc(-c2ccno2)cc1S(=O)(=O)NCc1ccccc1Cl. The third-order valence-corrected chi connectivity index (χ3v) is 6.34. The van der Waals surface area contributed by atoms with Crippen molar-refractivity contribution in [1.82, 2.24) is 9.88 Å². The normalized spacial score (nSPS) is 11.7. The van der Waals surface area contributed by atoms with Crippen LogP contribution in [0.1, 0.15) is 10.4 Å². The minimum Gasteiger partial charge on any atom is -0.355 e. The van der Waals surface area contributed by atoms with Crippen molar-refractivity contribution in [2.24, 2.45) is 0 Å². The van der Waals surface area contributed by atoms with Crippen LogP contribution < -0.4 is 4.72 Å². The molecule has 0 atom stereocenters. The molecule has 0 saturated heterocycles. The standard InChI is InChI=1S/C15H13ClN2O3S2/c1-10-15(8-14(22-10)13-6-7-17-21-13)23(19,20)18-9-11-4-2-3-5-12(11)16/h2-8,18H,9H2,1H3. The van der Waals surface area contributed by atoms with Crippen LogP contribution in [-0.4, -0.2) is 13.6 Å². The van der Waals surface area contributed by atoms with Crippen molar-refractivity contribution in [2.75, 3.05) is 0 Å². The maximum absolute atomic E-state index is 12.5. The summed E-state index contributed by atoms with van der Waals surface area (Å²) in [5.41, 5.74) is 0.723. The lowest BCUT2D eigenvalue weighted by Crippen LogP contribution is -2.23. The molecule has 2 heterocycles. The van der Waals surface area contributed by atoms with Gasteiger partial charge < -0.3 is 4.52 Å². The minimum absolute atomic E-state index is 0.134. The molecule has 23 heavy (non-hydrogen) atoms. The number of aryl methyl sites for hydroxylation is 1. The van der Waals surface area contributed by atoms with Crippen molar-refractivity contribution in [2.45, 2.75) is 18.4 Å². The lowest BCUT2D eigenvalue weighted by atomic mass is 10.2. The van der Waals surface area contributed by atoms with Crippen LogP contribution in [0.3, 0.4) is 0 Å². The van der Waals surface area contributed by atoms with Gasteiger partial charge in [0, 0.05) is 22.5 Å². The fourth-order valence-electron chi connectivity index (χ4n) is 2.09. The Morgan fingerprint density at radius 2 is 2.09 bits per heavy atom. The zero-order valence-corrected chi connectivity index (χ0v) is 14.5. The second-order valence-electron chi connectivity index (χ2n) is 4.82. The van der Waals surface area contributed by atoms with Gasteiger partial charge in [0.05, 0.1) is 16.0 Å². The average molecular weight is 369 g/mol. The van der Waals surface area contributed by atoms with Gasteiger partial charge >= 0.3 is 0 Å². The molecule has 0 spiro atoms. The summed E-state index contributed by atoms with van der Waals surface area (Å²) in [6, 6.07) is 10.4. The summed E-state index contributed by atoms with van der Waals surface area (Å²) in [6.07, 6.45) is 1.52.